The van der Waals surface area contributed by atoms with E-state index in [9.17, 15) is 0 Å². The van der Waals surface area contributed by atoms with Gasteiger partial charge in [0.15, 0.2) is 5.76 Å². The van der Waals surface area contributed by atoms with E-state index in [1.54, 1.807) is 31.4 Å². The molecule has 0 N–H and O–H groups in total. The second-order valence-electron chi connectivity index (χ2n) is 6.66. The lowest BCUT2D eigenvalue weighted by molar-refractivity contribution is 0.402. The molecule has 0 spiro atoms. The van der Waals surface area contributed by atoms with Crippen LogP contribution in [0.25, 0.3) is 11.5 Å². The first-order valence-electron chi connectivity index (χ1n) is 9.83. The van der Waals surface area contributed by atoms with Crippen molar-refractivity contribution in [3.63, 3.8) is 0 Å². The molecule has 0 saturated carbocycles. The fourth-order valence-electron chi connectivity index (χ4n) is 3.10. The minimum absolute atomic E-state index is 0.667. The van der Waals surface area contributed by atoms with E-state index in [0.29, 0.717) is 12.3 Å². The summed E-state index contributed by atoms with van der Waals surface area (Å²) >= 11 is 1.53. The van der Waals surface area contributed by atoms with Crippen LogP contribution in [0.1, 0.15) is 11.1 Å². The summed E-state index contributed by atoms with van der Waals surface area (Å²) < 4.78 is 18.2. The third kappa shape index (κ3) is 4.95. The first kappa shape index (κ1) is 20.7. The van der Waals surface area contributed by atoms with Crippen LogP contribution in [-0.4, -0.2) is 31.7 Å². The molecule has 0 saturated heterocycles. The third-order valence-electron chi connectivity index (χ3n) is 4.70. The number of aromatic nitrogens is 1. The molecule has 0 aliphatic heterocycles. The van der Waals surface area contributed by atoms with Gasteiger partial charge in [0, 0.05) is 17.5 Å². The van der Waals surface area contributed by atoms with E-state index < -0.39 is 0 Å². The van der Waals surface area contributed by atoms with Crippen molar-refractivity contribution >= 4 is 17.6 Å². The van der Waals surface area contributed by atoms with E-state index in [1.165, 1.54) is 16.9 Å². The summed E-state index contributed by atoms with van der Waals surface area (Å²) in [7, 11) is 3.27. The third-order valence-corrected chi connectivity index (χ3v) is 5.55. The Bertz CT molecular complexity index is 1210. The quantitative estimate of drug-likeness (QED) is 0.373. The summed E-state index contributed by atoms with van der Waals surface area (Å²) in [5.41, 5.74) is 2.90. The molecule has 6 nitrogen and oxygen atoms in total. The first-order valence-corrected chi connectivity index (χ1v) is 10.7. The zero-order valence-corrected chi connectivity index (χ0v) is 18.2. The SMILES string of the molecule is COc1ccc(OC)c(C=Nn2c(-c3ccco3)csc2=NCCc2ccccc2)c1. The maximum Gasteiger partial charge on any atom is 0.206 e. The van der Waals surface area contributed by atoms with Crippen LogP contribution in [0.4, 0.5) is 0 Å². The summed E-state index contributed by atoms with van der Waals surface area (Å²) in [6, 6.07) is 19.7. The lowest BCUT2D eigenvalue weighted by atomic mass is 10.2. The molecular weight excluding hydrogens is 410 g/mol. The number of furan rings is 1. The Morgan fingerprint density at radius 3 is 2.65 bits per heavy atom. The van der Waals surface area contributed by atoms with Gasteiger partial charge >= 0.3 is 0 Å². The lowest BCUT2D eigenvalue weighted by Crippen LogP contribution is -2.13. The Kier molecular flexibility index (Phi) is 6.64. The van der Waals surface area contributed by atoms with Crippen LogP contribution in [-0.2, 0) is 6.42 Å². The molecule has 7 heteroatoms. The van der Waals surface area contributed by atoms with Gasteiger partial charge < -0.3 is 13.9 Å². The van der Waals surface area contributed by atoms with E-state index in [1.807, 2.05) is 53.9 Å². The molecule has 0 fully saturated rings. The van der Waals surface area contributed by atoms with Crippen LogP contribution in [0.3, 0.4) is 0 Å². The van der Waals surface area contributed by atoms with Crippen LogP contribution >= 0.6 is 11.3 Å². The van der Waals surface area contributed by atoms with Crippen LogP contribution in [0, 0.1) is 0 Å². The molecule has 0 atom stereocenters. The monoisotopic (exact) mass is 433 g/mol. The second kappa shape index (κ2) is 9.95. The summed E-state index contributed by atoms with van der Waals surface area (Å²) in [5, 5.41) is 6.72. The van der Waals surface area contributed by atoms with Gasteiger partial charge in [0.05, 0.1) is 26.7 Å². The number of methoxy groups -OCH3 is 2. The Hall–Kier alpha value is -3.58. The van der Waals surface area contributed by atoms with Gasteiger partial charge in [-0.1, -0.05) is 30.3 Å². The number of hydrogen-bond donors (Lipinski definition) is 0. The maximum absolute atomic E-state index is 5.61. The first-order chi connectivity index (χ1) is 15.3. The Labute approximate surface area is 184 Å². The Morgan fingerprint density at radius 2 is 1.90 bits per heavy atom. The van der Waals surface area contributed by atoms with Crippen molar-refractivity contribution in [1.82, 2.24) is 4.68 Å². The number of benzene rings is 2. The van der Waals surface area contributed by atoms with Gasteiger partial charge in [-0.25, -0.2) is 4.68 Å². The van der Waals surface area contributed by atoms with Gasteiger partial charge in [-0.2, -0.15) is 5.10 Å². The van der Waals surface area contributed by atoms with Gasteiger partial charge in [-0.05, 0) is 42.3 Å². The average Bonchev–Trinajstić information content (AvgIpc) is 3.48. The van der Waals surface area contributed by atoms with Crippen molar-refractivity contribution in [2.75, 3.05) is 20.8 Å². The van der Waals surface area contributed by atoms with Crippen molar-refractivity contribution in [1.29, 1.82) is 0 Å². The van der Waals surface area contributed by atoms with Gasteiger partial charge in [-0.3, -0.25) is 4.99 Å². The van der Waals surface area contributed by atoms with Crippen LogP contribution in [0.5, 0.6) is 11.5 Å². The molecular formula is C24H23N3O3S. The minimum atomic E-state index is 0.667. The molecule has 0 bridgehead atoms. The van der Waals surface area contributed by atoms with E-state index in [0.717, 1.165) is 34.0 Å². The summed E-state index contributed by atoms with van der Waals surface area (Å²) in [4.78, 5) is 5.58. The van der Waals surface area contributed by atoms with E-state index in [4.69, 9.17) is 24.0 Å². The summed E-state index contributed by atoms with van der Waals surface area (Å²) in [5.74, 6) is 2.18. The summed E-state index contributed by atoms with van der Waals surface area (Å²) in [6.45, 7) is 0.667. The molecule has 0 radical (unpaired) electrons. The topological polar surface area (TPSA) is 61.2 Å². The smallest absolute Gasteiger partial charge is 0.206 e. The Morgan fingerprint density at radius 1 is 1.03 bits per heavy atom. The predicted molar refractivity (Wildman–Crippen MR) is 123 cm³/mol. The highest BCUT2D eigenvalue weighted by atomic mass is 32.1. The normalized spacial score (nSPS) is 11.9. The molecule has 4 aromatic rings. The van der Waals surface area contributed by atoms with Crippen LogP contribution < -0.4 is 14.3 Å². The number of rotatable bonds is 8. The standard InChI is InChI=1S/C24H23N3O3S/c1-28-20-10-11-22(29-2)19(15-20)16-26-27-21(23-9-6-14-30-23)17-31-24(27)25-13-12-18-7-4-3-5-8-18/h3-11,14-17H,12-13H2,1-2H3. The number of ether oxygens (including phenoxy) is 2. The van der Waals surface area contributed by atoms with Crippen molar-refractivity contribution in [2.24, 2.45) is 10.1 Å². The number of thiazole rings is 1. The Balaban J connectivity index is 1.69. The van der Waals surface area contributed by atoms with Gasteiger partial charge in [-0.15, -0.1) is 11.3 Å². The molecule has 0 aliphatic carbocycles. The lowest BCUT2D eigenvalue weighted by Gasteiger charge is -2.07. The average molecular weight is 434 g/mol. The van der Waals surface area contributed by atoms with Crippen LogP contribution in [0.15, 0.2) is 86.8 Å². The fourth-order valence-corrected chi connectivity index (χ4v) is 3.94. The van der Waals surface area contributed by atoms with E-state index in [2.05, 4.69) is 12.1 Å². The molecule has 31 heavy (non-hydrogen) atoms. The second-order valence-corrected chi connectivity index (χ2v) is 7.50. The van der Waals surface area contributed by atoms with Gasteiger partial charge in [0.2, 0.25) is 4.80 Å². The zero-order valence-electron chi connectivity index (χ0n) is 17.4. The number of nitrogens with zero attached hydrogens (tertiary/aromatic N) is 3. The van der Waals surface area contributed by atoms with Gasteiger partial charge in [0.1, 0.15) is 17.2 Å². The molecule has 0 amide bonds. The van der Waals surface area contributed by atoms with Gasteiger partial charge in [0.25, 0.3) is 0 Å². The molecule has 2 heterocycles. The highest BCUT2D eigenvalue weighted by Crippen LogP contribution is 2.23. The van der Waals surface area contributed by atoms with Crippen molar-refractivity contribution < 1.29 is 13.9 Å². The molecule has 0 aliphatic rings. The molecule has 0 unspecified atom stereocenters. The largest absolute Gasteiger partial charge is 0.497 e. The molecule has 2 aromatic heterocycles. The minimum Gasteiger partial charge on any atom is -0.497 e. The highest BCUT2D eigenvalue weighted by molar-refractivity contribution is 7.07. The van der Waals surface area contributed by atoms with Crippen molar-refractivity contribution in [2.45, 2.75) is 6.42 Å². The summed E-state index contributed by atoms with van der Waals surface area (Å²) in [6.07, 6.45) is 4.26. The number of hydrogen-bond acceptors (Lipinski definition) is 6. The van der Waals surface area contributed by atoms with E-state index >= 15 is 0 Å². The van der Waals surface area contributed by atoms with Crippen molar-refractivity contribution in [3.05, 3.63) is 88.2 Å². The zero-order chi connectivity index (χ0) is 21.5. The highest BCUT2D eigenvalue weighted by Gasteiger charge is 2.10. The molecule has 158 valence electrons. The van der Waals surface area contributed by atoms with Crippen LogP contribution in [0.2, 0.25) is 0 Å². The molecule has 2 aromatic carbocycles. The van der Waals surface area contributed by atoms with Crippen molar-refractivity contribution in [3.8, 4) is 23.0 Å². The van der Waals surface area contributed by atoms with E-state index in [-0.39, 0.29) is 0 Å². The maximum atomic E-state index is 5.61. The predicted octanol–water partition coefficient (Wildman–Crippen LogP) is 4.85. The molecule has 4 rings (SSSR count). The fraction of sp³-hybridized carbons (Fsp3) is 0.167.